The lowest BCUT2D eigenvalue weighted by atomic mass is 9.79. The molecule has 4 rings (SSSR count). The highest BCUT2D eigenvalue weighted by molar-refractivity contribution is 5.00. The molecule has 3 aliphatic heterocycles. The fraction of sp³-hybridized carbons (Fsp3) is 0.889. The minimum Gasteiger partial charge on any atom is -0.387 e. The van der Waals surface area contributed by atoms with Crippen LogP contribution in [0.3, 0.4) is 0 Å². The molecule has 4 heterocycles. The third-order valence-electron chi connectivity index (χ3n) is 6.19. The average Bonchev–Trinajstić information content (AvgIpc) is 3.02. The zero-order valence-corrected chi connectivity index (χ0v) is 15.4. The Morgan fingerprint density at radius 2 is 1.84 bits per heavy atom. The minimum atomic E-state index is -0.522. The zero-order valence-electron chi connectivity index (χ0n) is 15.4. The van der Waals surface area contributed by atoms with Crippen LogP contribution < -0.4 is 0 Å². The van der Waals surface area contributed by atoms with Crippen LogP contribution in [-0.2, 0) is 6.54 Å². The van der Waals surface area contributed by atoms with Gasteiger partial charge in [0.05, 0.1) is 12.1 Å². The van der Waals surface area contributed by atoms with Gasteiger partial charge in [0, 0.05) is 45.7 Å². The molecule has 3 fully saturated rings. The van der Waals surface area contributed by atoms with Gasteiger partial charge in [-0.15, -0.1) is 0 Å². The normalized spacial score (nSPS) is 32.6. The van der Waals surface area contributed by atoms with Gasteiger partial charge in [0.25, 0.3) is 0 Å². The van der Waals surface area contributed by atoms with Gasteiger partial charge in [-0.2, -0.15) is 4.98 Å². The van der Waals surface area contributed by atoms with E-state index < -0.39 is 5.60 Å². The SMILES string of the molecule is Cc1nc(CN2CCN(C[C@]3(O)CCCN4CCCC[C@@H]43)CC2)no1. The molecule has 0 amide bonds. The summed E-state index contributed by atoms with van der Waals surface area (Å²) in [5.74, 6) is 1.40. The first-order chi connectivity index (χ1) is 12.1. The zero-order chi connectivity index (χ0) is 17.3. The van der Waals surface area contributed by atoms with E-state index in [0.717, 1.165) is 64.4 Å². The molecule has 0 bridgehead atoms. The molecule has 1 aromatic rings. The molecule has 1 N–H and O–H groups in total. The molecule has 3 saturated heterocycles. The first-order valence-electron chi connectivity index (χ1n) is 9.83. The Morgan fingerprint density at radius 3 is 2.60 bits per heavy atom. The maximum atomic E-state index is 11.4. The van der Waals surface area contributed by atoms with E-state index in [-0.39, 0.29) is 0 Å². The molecular weight excluding hydrogens is 318 g/mol. The van der Waals surface area contributed by atoms with Gasteiger partial charge in [-0.3, -0.25) is 14.7 Å². The quantitative estimate of drug-likeness (QED) is 0.865. The maximum Gasteiger partial charge on any atom is 0.223 e. The van der Waals surface area contributed by atoms with E-state index in [1.807, 2.05) is 6.92 Å². The first-order valence-corrected chi connectivity index (χ1v) is 9.83. The summed E-state index contributed by atoms with van der Waals surface area (Å²) >= 11 is 0. The Labute approximate surface area is 150 Å². The van der Waals surface area contributed by atoms with Crippen LogP contribution in [0.15, 0.2) is 4.52 Å². The minimum absolute atomic E-state index is 0.371. The van der Waals surface area contributed by atoms with Crippen molar-refractivity contribution in [2.75, 3.05) is 45.8 Å². The molecule has 0 spiro atoms. The fourth-order valence-electron chi connectivity index (χ4n) is 4.90. The van der Waals surface area contributed by atoms with E-state index in [1.165, 1.54) is 25.9 Å². The van der Waals surface area contributed by atoms with Gasteiger partial charge >= 0.3 is 0 Å². The van der Waals surface area contributed by atoms with E-state index in [2.05, 4.69) is 24.8 Å². The number of β-amino-alcohol motifs (C(OH)–C–C–N with tert-alkyl or cyclic N) is 1. The molecule has 0 radical (unpaired) electrons. The van der Waals surface area contributed by atoms with Gasteiger partial charge in [0.15, 0.2) is 5.82 Å². The van der Waals surface area contributed by atoms with Crippen molar-refractivity contribution >= 4 is 0 Å². The van der Waals surface area contributed by atoms with Gasteiger partial charge < -0.3 is 9.63 Å². The van der Waals surface area contributed by atoms with Gasteiger partial charge in [-0.1, -0.05) is 11.6 Å². The number of rotatable bonds is 4. The van der Waals surface area contributed by atoms with E-state index in [4.69, 9.17) is 4.52 Å². The Balaban J connectivity index is 1.30. The van der Waals surface area contributed by atoms with Gasteiger partial charge in [0.1, 0.15) is 0 Å². The average molecular weight is 349 g/mol. The van der Waals surface area contributed by atoms with Crippen LogP contribution in [-0.4, -0.2) is 87.4 Å². The summed E-state index contributed by atoms with van der Waals surface area (Å²) in [5.41, 5.74) is -0.522. The van der Waals surface area contributed by atoms with Crippen LogP contribution in [0.4, 0.5) is 0 Å². The van der Waals surface area contributed by atoms with Crippen LogP contribution in [0.1, 0.15) is 43.8 Å². The molecular formula is C18H31N5O2. The number of piperazine rings is 1. The molecule has 0 unspecified atom stereocenters. The standard InChI is InChI=1S/C18H31N5O2/c1-15-19-17(20-25-15)13-21-9-11-22(12-10-21)14-18(24)6-4-8-23-7-3-2-5-16(18)23/h16,24H,2-14H2,1H3/t16-,18-/m1/s1. The van der Waals surface area contributed by atoms with Gasteiger partial charge in [0.2, 0.25) is 5.89 Å². The second kappa shape index (κ2) is 7.31. The smallest absolute Gasteiger partial charge is 0.223 e. The summed E-state index contributed by atoms with van der Waals surface area (Å²) in [4.78, 5) is 11.7. The van der Waals surface area contributed by atoms with Crippen molar-refractivity contribution in [3.8, 4) is 0 Å². The topological polar surface area (TPSA) is 68.9 Å². The third-order valence-corrected chi connectivity index (χ3v) is 6.19. The van der Waals surface area contributed by atoms with Crippen LogP contribution >= 0.6 is 0 Å². The van der Waals surface area contributed by atoms with Crippen molar-refractivity contribution in [1.82, 2.24) is 24.8 Å². The Kier molecular flexibility index (Phi) is 5.08. The van der Waals surface area contributed by atoms with Crippen molar-refractivity contribution < 1.29 is 9.63 Å². The molecule has 0 aromatic carbocycles. The highest BCUT2D eigenvalue weighted by Gasteiger charge is 2.45. The second-order valence-corrected chi connectivity index (χ2v) is 8.04. The lowest BCUT2D eigenvalue weighted by molar-refractivity contribution is -0.112. The molecule has 7 nitrogen and oxygen atoms in total. The Bertz CT molecular complexity index is 570. The van der Waals surface area contributed by atoms with Crippen molar-refractivity contribution in [3.05, 3.63) is 11.7 Å². The fourth-order valence-corrected chi connectivity index (χ4v) is 4.90. The molecule has 3 aliphatic rings. The first kappa shape index (κ1) is 17.4. The highest BCUT2D eigenvalue weighted by atomic mass is 16.5. The molecule has 0 aliphatic carbocycles. The molecule has 25 heavy (non-hydrogen) atoms. The number of piperidine rings is 2. The summed E-state index contributed by atoms with van der Waals surface area (Å²) in [6.07, 6.45) is 5.80. The number of nitrogens with zero attached hydrogens (tertiary/aromatic N) is 5. The van der Waals surface area contributed by atoms with Crippen molar-refractivity contribution in [2.24, 2.45) is 0 Å². The summed E-state index contributed by atoms with van der Waals surface area (Å²) in [5, 5.41) is 15.4. The van der Waals surface area contributed by atoms with E-state index >= 15 is 0 Å². The Morgan fingerprint density at radius 1 is 1.08 bits per heavy atom. The molecule has 140 valence electrons. The van der Waals surface area contributed by atoms with Crippen LogP contribution in [0.5, 0.6) is 0 Å². The number of hydrogen-bond donors (Lipinski definition) is 1. The number of fused-ring (bicyclic) bond motifs is 1. The number of hydrogen-bond acceptors (Lipinski definition) is 7. The molecule has 0 saturated carbocycles. The molecule has 1 aromatic heterocycles. The largest absolute Gasteiger partial charge is 0.387 e. The van der Waals surface area contributed by atoms with E-state index in [1.54, 1.807) is 0 Å². The lowest BCUT2D eigenvalue weighted by Crippen LogP contribution is -2.63. The van der Waals surface area contributed by atoms with E-state index in [9.17, 15) is 5.11 Å². The highest BCUT2D eigenvalue weighted by Crippen LogP contribution is 2.34. The monoisotopic (exact) mass is 349 g/mol. The number of aryl methyl sites for hydroxylation is 1. The summed E-state index contributed by atoms with van der Waals surface area (Å²) in [6, 6.07) is 0.371. The van der Waals surface area contributed by atoms with Gasteiger partial charge in [-0.25, -0.2) is 0 Å². The molecule has 7 heteroatoms. The number of aliphatic hydroxyl groups is 1. The summed E-state index contributed by atoms with van der Waals surface area (Å²) in [6.45, 7) is 9.76. The van der Waals surface area contributed by atoms with E-state index in [0.29, 0.717) is 11.9 Å². The van der Waals surface area contributed by atoms with Crippen LogP contribution in [0.25, 0.3) is 0 Å². The maximum absolute atomic E-state index is 11.4. The summed E-state index contributed by atoms with van der Waals surface area (Å²) in [7, 11) is 0. The Hall–Kier alpha value is -1.02. The van der Waals surface area contributed by atoms with Gasteiger partial charge in [-0.05, 0) is 38.8 Å². The second-order valence-electron chi connectivity index (χ2n) is 8.04. The van der Waals surface area contributed by atoms with Crippen molar-refractivity contribution in [2.45, 2.75) is 57.2 Å². The predicted molar refractivity (Wildman–Crippen MR) is 94.1 cm³/mol. The third kappa shape index (κ3) is 3.89. The van der Waals surface area contributed by atoms with Crippen LogP contribution in [0.2, 0.25) is 0 Å². The van der Waals surface area contributed by atoms with Crippen molar-refractivity contribution in [3.63, 3.8) is 0 Å². The molecule has 2 atom stereocenters. The van der Waals surface area contributed by atoms with Crippen molar-refractivity contribution in [1.29, 1.82) is 0 Å². The summed E-state index contributed by atoms with van der Waals surface area (Å²) < 4.78 is 5.06. The predicted octanol–water partition coefficient (Wildman–Crippen LogP) is 0.875. The lowest BCUT2D eigenvalue weighted by Gasteiger charge is -2.51. The van der Waals surface area contributed by atoms with Crippen LogP contribution in [0, 0.1) is 6.92 Å². The number of aromatic nitrogens is 2.